The van der Waals surface area contributed by atoms with Crippen LogP contribution in [0.2, 0.25) is 0 Å². The number of aryl methyl sites for hydroxylation is 1. The van der Waals surface area contributed by atoms with Crippen molar-refractivity contribution in [2.24, 2.45) is 10.5 Å². The van der Waals surface area contributed by atoms with Crippen LogP contribution in [0.25, 0.3) is 5.57 Å². The Kier molecular flexibility index (Phi) is 14.8. The number of ketones is 1. The minimum Gasteiger partial charge on any atom is -0.306 e. The number of carbonyl (C=O) groups is 1. The Morgan fingerprint density at radius 3 is 1.97 bits per heavy atom. The summed E-state index contributed by atoms with van der Waals surface area (Å²) in [6, 6.07) is 15.9. The van der Waals surface area contributed by atoms with E-state index >= 15 is 0 Å². The van der Waals surface area contributed by atoms with Crippen molar-refractivity contribution in [1.82, 2.24) is 0 Å². The van der Waals surface area contributed by atoms with Crippen LogP contribution in [0.1, 0.15) is 63.0 Å². The number of nitrogens with two attached hydrogens (primary N) is 1. The minimum atomic E-state index is -0.412. The lowest BCUT2D eigenvalue weighted by Gasteiger charge is -2.04. The second-order valence-corrected chi connectivity index (χ2v) is 9.30. The third kappa shape index (κ3) is 12.3. The average Bonchev–Trinajstić information content (AvgIpc) is 2.77. The van der Waals surface area contributed by atoms with Gasteiger partial charge in [-0.3, -0.25) is 9.79 Å². The van der Waals surface area contributed by atoms with E-state index in [0.717, 1.165) is 28.0 Å². The summed E-state index contributed by atoms with van der Waals surface area (Å²) in [6.07, 6.45) is 5.81. The van der Waals surface area contributed by atoms with E-state index in [0.29, 0.717) is 0 Å². The van der Waals surface area contributed by atoms with E-state index in [2.05, 4.69) is 49.4 Å². The number of aliphatic imine (C=N–C) groups is 1. The summed E-state index contributed by atoms with van der Waals surface area (Å²) in [5.74, 6) is 0.0752. The highest BCUT2D eigenvalue weighted by molar-refractivity contribution is 7.62. The first-order chi connectivity index (χ1) is 15.0. The SMILES string of the molecule is C/C=C\C.C=C(C)C(C)=N/C=C(\C)c1cccc(C(C)=O)c1.Cc1cccc(P(C)N)c1. The number of carbonyl (C=O) groups excluding carboxylic acids is 1. The molecule has 0 saturated carbocycles. The monoisotopic (exact) mass is 450 g/mol. The van der Waals surface area contributed by atoms with E-state index in [1.807, 2.05) is 77.2 Å². The number of hydrogen-bond acceptors (Lipinski definition) is 3. The Morgan fingerprint density at radius 2 is 1.53 bits per heavy atom. The van der Waals surface area contributed by atoms with Crippen LogP contribution in [0.3, 0.4) is 0 Å². The van der Waals surface area contributed by atoms with Crippen LogP contribution >= 0.6 is 8.07 Å². The largest absolute Gasteiger partial charge is 0.306 e. The molecule has 1 unspecified atom stereocenters. The molecule has 0 saturated heterocycles. The fourth-order valence-electron chi connectivity index (χ4n) is 2.21. The summed E-state index contributed by atoms with van der Waals surface area (Å²) >= 11 is 0. The maximum atomic E-state index is 11.3. The van der Waals surface area contributed by atoms with E-state index in [9.17, 15) is 4.79 Å². The van der Waals surface area contributed by atoms with Gasteiger partial charge in [0.2, 0.25) is 0 Å². The second-order valence-electron chi connectivity index (χ2n) is 7.56. The maximum absolute atomic E-state index is 11.3. The second kappa shape index (κ2) is 16.1. The van der Waals surface area contributed by atoms with Gasteiger partial charge in [0.25, 0.3) is 0 Å². The van der Waals surface area contributed by atoms with Crippen LogP contribution < -0.4 is 10.8 Å². The highest BCUT2D eigenvalue weighted by atomic mass is 31.1. The third-order valence-corrected chi connectivity index (χ3v) is 5.63. The van der Waals surface area contributed by atoms with Crippen molar-refractivity contribution in [2.45, 2.75) is 48.5 Å². The number of rotatable bonds is 5. The maximum Gasteiger partial charge on any atom is 0.159 e. The molecular weight excluding hydrogens is 411 g/mol. The molecule has 32 heavy (non-hydrogen) atoms. The molecule has 0 radical (unpaired) electrons. The third-order valence-electron chi connectivity index (χ3n) is 4.54. The smallest absolute Gasteiger partial charge is 0.159 e. The molecule has 4 heteroatoms. The first-order valence-electron chi connectivity index (χ1n) is 10.6. The summed E-state index contributed by atoms with van der Waals surface area (Å²) in [5.41, 5.74) is 11.7. The molecule has 2 rings (SSSR count). The lowest BCUT2D eigenvalue weighted by Crippen LogP contribution is -2.05. The number of nitrogens with zero attached hydrogens (tertiary/aromatic N) is 1. The van der Waals surface area contributed by atoms with Gasteiger partial charge in [0.15, 0.2) is 5.78 Å². The topological polar surface area (TPSA) is 55.5 Å². The Balaban J connectivity index is 0.000000573. The van der Waals surface area contributed by atoms with Gasteiger partial charge in [-0.1, -0.05) is 66.8 Å². The average molecular weight is 451 g/mol. The van der Waals surface area contributed by atoms with Crippen LogP contribution in [-0.4, -0.2) is 18.2 Å². The van der Waals surface area contributed by atoms with Gasteiger partial charge in [0, 0.05) is 17.5 Å². The van der Waals surface area contributed by atoms with Gasteiger partial charge in [-0.25, -0.2) is 0 Å². The normalized spacial score (nSPS) is 12.3. The van der Waals surface area contributed by atoms with Crippen molar-refractivity contribution in [3.8, 4) is 0 Å². The molecule has 2 aromatic rings. The number of Topliss-reactive ketones (excluding diaryl/α,β-unsaturated/α-hetero) is 1. The molecular formula is C28H39N2OP. The molecule has 0 heterocycles. The molecule has 0 fully saturated rings. The minimum absolute atomic E-state index is 0.0752. The predicted molar refractivity (Wildman–Crippen MR) is 146 cm³/mol. The van der Waals surface area contributed by atoms with Crippen LogP contribution in [-0.2, 0) is 0 Å². The zero-order valence-electron chi connectivity index (χ0n) is 20.9. The lowest BCUT2D eigenvalue weighted by molar-refractivity contribution is 0.101. The van der Waals surface area contributed by atoms with E-state index in [-0.39, 0.29) is 5.78 Å². The molecule has 0 amide bonds. The fraction of sp³-hybridized carbons (Fsp3) is 0.286. The summed E-state index contributed by atoms with van der Waals surface area (Å²) in [6.45, 7) is 19.4. The Hall–Kier alpha value is -2.61. The predicted octanol–water partition coefficient (Wildman–Crippen LogP) is 7.48. The number of hydrogen-bond donors (Lipinski definition) is 1. The molecule has 2 N–H and O–H groups in total. The Labute approximate surface area is 196 Å². The molecule has 0 bridgehead atoms. The van der Waals surface area contributed by atoms with Gasteiger partial charge in [0.1, 0.15) is 0 Å². The van der Waals surface area contributed by atoms with Gasteiger partial charge < -0.3 is 5.50 Å². The molecule has 3 nitrogen and oxygen atoms in total. The van der Waals surface area contributed by atoms with Gasteiger partial charge in [-0.05, 0) is 91.3 Å². The van der Waals surface area contributed by atoms with Gasteiger partial charge >= 0.3 is 0 Å². The van der Waals surface area contributed by atoms with Crippen molar-refractivity contribution < 1.29 is 4.79 Å². The van der Waals surface area contributed by atoms with E-state index in [1.54, 1.807) is 6.92 Å². The molecule has 1 atom stereocenters. The summed E-state index contributed by atoms with van der Waals surface area (Å²) in [4.78, 5) is 15.7. The Morgan fingerprint density at radius 1 is 0.969 bits per heavy atom. The molecule has 2 aromatic carbocycles. The zero-order chi connectivity index (χ0) is 24.7. The molecule has 172 valence electrons. The molecule has 0 aliphatic heterocycles. The standard InChI is InChI=1S/C16H19NO.C8H12NP.C4H8/c1-11(2)13(4)17-10-12(3)15-7-6-8-16(9-15)14(5)18;1-7-4-3-5-8(6-7)10(2)9;1-3-4-2/h6-10H,1H2,2-5H3;3-6H,9H2,1-2H3;3-4H,1-2H3/b12-10+,17-13?;;4-3-. The highest BCUT2D eigenvalue weighted by Gasteiger charge is 2.01. The fourth-order valence-corrected chi connectivity index (χ4v) is 2.94. The summed E-state index contributed by atoms with van der Waals surface area (Å²) < 4.78 is 0. The van der Waals surface area contributed by atoms with E-state index < -0.39 is 8.07 Å². The molecule has 0 aliphatic rings. The van der Waals surface area contributed by atoms with Gasteiger partial charge in [-0.15, -0.1) is 0 Å². The van der Waals surface area contributed by atoms with Crippen molar-refractivity contribution in [1.29, 1.82) is 0 Å². The summed E-state index contributed by atoms with van der Waals surface area (Å²) in [5, 5.41) is 1.27. The van der Waals surface area contributed by atoms with Crippen molar-refractivity contribution in [3.63, 3.8) is 0 Å². The number of allylic oxidation sites excluding steroid dienone is 4. The van der Waals surface area contributed by atoms with Crippen LogP contribution in [0.5, 0.6) is 0 Å². The lowest BCUT2D eigenvalue weighted by atomic mass is 10.0. The molecule has 0 spiro atoms. The van der Waals surface area contributed by atoms with E-state index in [4.69, 9.17) is 5.50 Å². The van der Waals surface area contributed by atoms with Crippen LogP contribution in [0.4, 0.5) is 0 Å². The summed E-state index contributed by atoms with van der Waals surface area (Å²) in [7, 11) is -0.412. The molecule has 0 aromatic heterocycles. The number of benzene rings is 2. The van der Waals surface area contributed by atoms with E-state index in [1.165, 1.54) is 10.9 Å². The van der Waals surface area contributed by atoms with Crippen molar-refractivity contribution in [3.05, 3.63) is 95.7 Å². The van der Waals surface area contributed by atoms with Gasteiger partial charge in [0.05, 0.1) is 0 Å². The first-order valence-corrected chi connectivity index (χ1v) is 12.5. The van der Waals surface area contributed by atoms with Crippen molar-refractivity contribution >= 4 is 30.4 Å². The Bertz CT molecular complexity index is 965. The zero-order valence-corrected chi connectivity index (χ0v) is 21.8. The van der Waals surface area contributed by atoms with Gasteiger partial charge in [-0.2, -0.15) is 0 Å². The first kappa shape index (κ1) is 29.4. The van der Waals surface area contributed by atoms with Crippen LogP contribution in [0.15, 0.2) is 84.0 Å². The van der Waals surface area contributed by atoms with Crippen LogP contribution in [0, 0.1) is 6.92 Å². The quantitative estimate of drug-likeness (QED) is 0.222. The highest BCUT2D eigenvalue weighted by Crippen LogP contribution is 2.18. The van der Waals surface area contributed by atoms with Crippen molar-refractivity contribution in [2.75, 3.05) is 6.66 Å². The molecule has 0 aliphatic carbocycles.